The molecule has 35 heavy (non-hydrogen) atoms. The number of rotatable bonds is 5. The van der Waals surface area contributed by atoms with E-state index in [0.717, 1.165) is 18.4 Å². The molecule has 1 fully saturated rings. The van der Waals surface area contributed by atoms with Gasteiger partial charge in [0.05, 0.1) is 29.0 Å². The molecule has 1 aromatic carbocycles. The molecule has 2 aromatic rings. The minimum atomic E-state index is -2.28. The predicted octanol–water partition coefficient (Wildman–Crippen LogP) is 6.44. The van der Waals surface area contributed by atoms with Crippen LogP contribution in [0.1, 0.15) is 10.4 Å². The van der Waals surface area contributed by atoms with E-state index < -0.39 is 49.6 Å². The zero-order valence-corrected chi connectivity index (χ0v) is 22.5. The number of amides is 1. The lowest BCUT2D eigenvalue weighted by atomic mass is 9.81. The number of alkyl halides is 4. The number of carboxylic acid groups (broad SMARTS) is 1. The third-order valence-electron chi connectivity index (χ3n) is 6.06. The first-order valence-electron chi connectivity index (χ1n) is 9.56. The molecule has 14 heteroatoms. The molecule has 2 aliphatic carbocycles. The van der Waals surface area contributed by atoms with Crippen LogP contribution in [0.4, 0.5) is 9.39 Å². The Morgan fingerprint density at radius 1 is 1.03 bits per heavy atom. The van der Waals surface area contributed by atoms with Gasteiger partial charge in [0, 0.05) is 10.9 Å². The Morgan fingerprint density at radius 3 is 2.09 bits per heavy atom. The molecular weight excluding hydrogens is 610 g/mol. The second kappa shape index (κ2) is 8.94. The smallest absolute Gasteiger partial charge is 0.341 e. The van der Waals surface area contributed by atoms with E-state index >= 15 is 0 Å². The van der Waals surface area contributed by atoms with E-state index in [1.807, 2.05) is 0 Å². The van der Waals surface area contributed by atoms with Gasteiger partial charge in [0.15, 0.2) is 4.33 Å². The quantitative estimate of drug-likeness (QED) is 0.296. The molecule has 1 amide bonds. The lowest BCUT2D eigenvalue weighted by Gasteiger charge is -2.33. The molecule has 0 radical (unpaired) electrons. The van der Waals surface area contributed by atoms with Crippen LogP contribution in [0.25, 0.3) is 11.1 Å². The highest BCUT2D eigenvalue weighted by Crippen LogP contribution is 2.76. The van der Waals surface area contributed by atoms with Crippen LogP contribution in [0.5, 0.6) is 0 Å². The molecule has 186 valence electrons. The number of hydrogen-bond acceptors (Lipinski definition) is 5. The highest BCUT2D eigenvalue weighted by Gasteiger charge is 2.85. The van der Waals surface area contributed by atoms with Gasteiger partial charge >= 0.3 is 11.9 Å². The number of carbonyl (C=O) groups excluding carboxylic acids is 2. The Kier molecular flexibility index (Phi) is 6.84. The highest BCUT2D eigenvalue weighted by atomic mass is 35.5. The normalized spacial score (nSPS) is 28.8. The van der Waals surface area contributed by atoms with E-state index in [-0.39, 0.29) is 20.6 Å². The van der Waals surface area contributed by atoms with Crippen LogP contribution in [0.15, 0.2) is 39.7 Å². The summed E-state index contributed by atoms with van der Waals surface area (Å²) in [6.45, 7) is 0. The van der Waals surface area contributed by atoms with Crippen molar-refractivity contribution in [1.29, 1.82) is 0 Å². The number of benzene rings is 1. The van der Waals surface area contributed by atoms with Crippen LogP contribution in [0.3, 0.4) is 0 Å². The monoisotopic (exact) mass is 619 g/mol. The maximum atomic E-state index is 13.5. The lowest BCUT2D eigenvalue weighted by molar-refractivity contribution is -0.146. The van der Waals surface area contributed by atoms with Gasteiger partial charge in [0.2, 0.25) is 5.91 Å². The van der Waals surface area contributed by atoms with Gasteiger partial charge in [-0.05, 0) is 17.7 Å². The average molecular weight is 622 g/mol. The number of aliphatic carboxylic acids is 1. The van der Waals surface area contributed by atoms with Crippen molar-refractivity contribution >= 4 is 104 Å². The second-order valence-electron chi connectivity index (χ2n) is 7.76. The fourth-order valence-corrected chi connectivity index (χ4v) is 8.31. The van der Waals surface area contributed by atoms with E-state index in [9.17, 15) is 23.9 Å². The first kappa shape index (κ1) is 26.8. The Bertz CT molecular complexity index is 1300. The van der Waals surface area contributed by atoms with E-state index in [2.05, 4.69) is 5.32 Å². The third kappa shape index (κ3) is 3.52. The Morgan fingerprint density at radius 2 is 1.57 bits per heavy atom. The van der Waals surface area contributed by atoms with Gasteiger partial charge in [-0.3, -0.25) is 9.59 Å². The van der Waals surface area contributed by atoms with Crippen molar-refractivity contribution in [1.82, 2.24) is 0 Å². The van der Waals surface area contributed by atoms with Crippen LogP contribution < -0.4 is 5.32 Å². The summed E-state index contributed by atoms with van der Waals surface area (Å²) in [6, 6.07) is 5.29. The standard InChI is InChI=1S/C21H12Cl6FNO5S/c1-34-18(33)10-9(7-2-4-8(28)5-3-7)6-35-16(10)29-15(30)11-12(17(31)32)20(25)14(23)13(22)19(11,24)21(20,26)27/h2-6,11-12H,1H3,(H,29,30)(H,31,32)/t11-,12-,19+,20+/m0/s1. The van der Waals surface area contributed by atoms with Crippen molar-refractivity contribution in [2.75, 3.05) is 12.4 Å². The fourth-order valence-electron chi connectivity index (χ4n) is 4.41. The zero-order valence-electron chi connectivity index (χ0n) is 17.2. The fraction of sp³-hybridized carbons (Fsp3) is 0.286. The number of halogens is 7. The SMILES string of the molecule is COC(=O)c1c(-c2ccc(F)cc2)csc1NC(=O)[C@@H]1[C@@H](C(=O)O)[C@@]2(Cl)C(Cl)=C(Cl)[C@@]1(Cl)C2(Cl)Cl. The number of esters is 1. The van der Waals surface area contributed by atoms with Gasteiger partial charge in [-0.1, -0.05) is 58.5 Å². The predicted molar refractivity (Wildman–Crippen MR) is 135 cm³/mol. The third-order valence-corrected chi connectivity index (χ3v) is 11.2. The molecule has 4 rings (SSSR count). The van der Waals surface area contributed by atoms with E-state index in [1.165, 1.54) is 24.3 Å². The van der Waals surface area contributed by atoms with Crippen molar-refractivity contribution in [3.63, 3.8) is 0 Å². The molecular formula is C21H12Cl6FNO5S. The molecule has 0 aliphatic heterocycles. The summed E-state index contributed by atoms with van der Waals surface area (Å²) in [5.74, 6) is -7.26. The molecule has 2 N–H and O–H groups in total. The Hall–Kier alpha value is -1.26. The van der Waals surface area contributed by atoms with Crippen molar-refractivity contribution in [3.05, 3.63) is 51.1 Å². The number of nitrogens with one attached hydrogen (secondary N) is 1. The summed E-state index contributed by atoms with van der Waals surface area (Å²) in [4.78, 5) is 33.9. The highest BCUT2D eigenvalue weighted by molar-refractivity contribution is 7.15. The van der Waals surface area contributed by atoms with Crippen molar-refractivity contribution in [2.45, 2.75) is 14.1 Å². The van der Waals surface area contributed by atoms with Gasteiger partial charge in [-0.2, -0.15) is 0 Å². The zero-order chi connectivity index (χ0) is 26.1. The lowest BCUT2D eigenvalue weighted by Crippen LogP contribution is -2.47. The van der Waals surface area contributed by atoms with Crippen LogP contribution in [-0.4, -0.2) is 44.1 Å². The van der Waals surface area contributed by atoms with Gasteiger partial charge < -0.3 is 15.2 Å². The van der Waals surface area contributed by atoms with Crippen molar-refractivity contribution in [3.8, 4) is 11.1 Å². The number of carboxylic acids is 1. The molecule has 2 aliphatic rings. The van der Waals surface area contributed by atoms with Crippen LogP contribution >= 0.6 is 80.9 Å². The van der Waals surface area contributed by atoms with Crippen LogP contribution in [0.2, 0.25) is 0 Å². The molecule has 0 saturated heterocycles. The topological polar surface area (TPSA) is 92.7 Å². The maximum absolute atomic E-state index is 13.5. The summed E-state index contributed by atoms with van der Waals surface area (Å²) in [6.07, 6.45) is 0. The van der Waals surface area contributed by atoms with Gasteiger partial charge in [0.25, 0.3) is 0 Å². The molecule has 6 nitrogen and oxygen atoms in total. The molecule has 0 spiro atoms. The first-order chi connectivity index (χ1) is 16.2. The summed E-state index contributed by atoms with van der Waals surface area (Å²) in [5.41, 5.74) is 0.775. The average Bonchev–Trinajstić information content (AvgIpc) is 3.30. The Labute approximate surface area is 231 Å². The Balaban J connectivity index is 1.80. The minimum absolute atomic E-state index is 0.0120. The van der Waals surface area contributed by atoms with Crippen LogP contribution in [-0.2, 0) is 14.3 Å². The number of hydrogen-bond donors (Lipinski definition) is 2. The van der Waals surface area contributed by atoms with Gasteiger partial charge in [-0.25, -0.2) is 9.18 Å². The van der Waals surface area contributed by atoms with Gasteiger partial charge in [-0.15, -0.1) is 34.5 Å². The van der Waals surface area contributed by atoms with Gasteiger partial charge in [0.1, 0.15) is 26.1 Å². The number of thiophene rings is 1. The summed E-state index contributed by atoms with van der Waals surface area (Å²) >= 11 is 39.5. The van der Waals surface area contributed by atoms with Crippen molar-refractivity contribution in [2.24, 2.45) is 11.8 Å². The first-order valence-corrected chi connectivity index (χ1v) is 12.7. The number of carbonyl (C=O) groups is 3. The molecule has 2 bridgehead atoms. The number of anilines is 1. The molecule has 4 atom stereocenters. The van der Waals surface area contributed by atoms with E-state index in [0.29, 0.717) is 11.1 Å². The summed E-state index contributed by atoms with van der Waals surface area (Å²) in [5, 5.41) is 13.3. The molecule has 0 unspecified atom stereocenters. The largest absolute Gasteiger partial charge is 0.481 e. The number of fused-ring (bicyclic) bond motifs is 2. The summed E-state index contributed by atoms with van der Waals surface area (Å²) in [7, 11) is 1.14. The van der Waals surface area contributed by atoms with E-state index in [4.69, 9.17) is 74.3 Å². The molecule has 1 aromatic heterocycles. The second-order valence-corrected chi connectivity index (χ2v) is 11.9. The number of methoxy groups -OCH3 is 1. The van der Waals surface area contributed by atoms with E-state index in [1.54, 1.807) is 5.38 Å². The number of ether oxygens (including phenoxy) is 1. The maximum Gasteiger partial charge on any atom is 0.341 e. The van der Waals surface area contributed by atoms with Crippen molar-refractivity contribution < 1.29 is 28.6 Å². The molecule has 1 saturated carbocycles. The summed E-state index contributed by atoms with van der Waals surface area (Å²) < 4.78 is 16.0. The molecule has 1 heterocycles. The van der Waals surface area contributed by atoms with Crippen LogP contribution in [0, 0.1) is 17.7 Å². The minimum Gasteiger partial charge on any atom is -0.481 e. The number of allylic oxidation sites excluding steroid dienone is 2.